The molecule has 0 unspecified atom stereocenters. The Labute approximate surface area is 274 Å². The van der Waals surface area contributed by atoms with E-state index in [4.69, 9.17) is 9.98 Å². The molecule has 0 N–H and O–H groups in total. The Bertz CT molecular complexity index is 1790. The molecule has 0 atom stereocenters. The summed E-state index contributed by atoms with van der Waals surface area (Å²) < 4.78 is 0. The summed E-state index contributed by atoms with van der Waals surface area (Å²) in [4.78, 5) is 10.3. The van der Waals surface area contributed by atoms with Crippen molar-refractivity contribution in [2.24, 2.45) is 9.98 Å². The standard InChI is InChI=1S/C38H32N2.2BrH.Ni/c1-25-11-9-12-26(2)33(25)23-39-35-21-19-29-15-5-7-17-31(29)37(35)38-32-18-8-6-16-30(32)20-22-36(38)40-24-34-27(3)13-10-14-28(34)4;;;/h5-24H,1-4H3;2*1H;/q;;;+2/p-2. The zero-order chi connectivity index (χ0) is 30.3. The first-order valence-corrected chi connectivity index (χ1v) is 18.9. The Morgan fingerprint density at radius 1 is 0.465 bits per heavy atom. The molecule has 6 rings (SSSR count). The Hall–Kier alpha value is -3.37. The second kappa shape index (κ2) is 14.4. The molecule has 0 saturated carbocycles. The summed E-state index contributed by atoms with van der Waals surface area (Å²) in [5, 5.41) is 4.69. The van der Waals surface area contributed by atoms with Gasteiger partial charge in [-0.1, -0.05) is 97.1 Å². The first-order chi connectivity index (χ1) is 20.9. The molecule has 6 aromatic carbocycles. The van der Waals surface area contributed by atoms with Crippen molar-refractivity contribution in [3.63, 3.8) is 0 Å². The van der Waals surface area contributed by atoms with Crippen LogP contribution in [0.3, 0.4) is 0 Å². The molecule has 43 heavy (non-hydrogen) atoms. The molecule has 0 aliphatic carbocycles. The fraction of sp³-hybridized carbons (Fsp3) is 0.105. The molecule has 0 amide bonds. The molecule has 0 radical (unpaired) electrons. The molecule has 0 spiro atoms. The fourth-order valence-electron chi connectivity index (χ4n) is 5.59. The van der Waals surface area contributed by atoms with E-state index in [1.54, 1.807) is 0 Å². The molecule has 2 nitrogen and oxygen atoms in total. The van der Waals surface area contributed by atoms with Crippen LogP contribution >= 0.6 is 28.5 Å². The van der Waals surface area contributed by atoms with E-state index in [-0.39, 0.29) is 0 Å². The van der Waals surface area contributed by atoms with E-state index in [0.717, 1.165) is 33.6 Å². The van der Waals surface area contributed by atoms with Crippen LogP contribution in [0.2, 0.25) is 0 Å². The summed E-state index contributed by atoms with van der Waals surface area (Å²) in [6.07, 6.45) is 4.03. The molecule has 0 aromatic heterocycles. The van der Waals surface area contributed by atoms with Crippen LogP contribution in [0.5, 0.6) is 0 Å². The van der Waals surface area contributed by atoms with Crippen molar-refractivity contribution >= 4 is 73.8 Å². The zero-order valence-electron chi connectivity index (χ0n) is 24.5. The van der Waals surface area contributed by atoms with E-state index in [1.807, 2.05) is 12.4 Å². The Balaban J connectivity index is 0.00000118. The van der Waals surface area contributed by atoms with Crippen molar-refractivity contribution in [3.8, 4) is 11.1 Å². The summed E-state index contributed by atoms with van der Waals surface area (Å²) >= 11 is 6.00. The minimum atomic E-state index is 0.932. The van der Waals surface area contributed by atoms with E-state index in [1.165, 1.54) is 54.7 Å². The SMILES string of the molecule is Cc1cccc(C)c1C=Nc1ccc2ccccc2c1-c1c(N=Cc2c(C)cccc2C)ccc2ccccc12.[Br][Ni][Br]. The van der Waals surface area contributed by atoms with Crippen LogP contribution in [0.15, 0.2) is 119 Å². The van der Waals surface area contributed by atoms with Crippen LogP contribution < -0.4 is 0 Å². The number of rotatable bonds is 5. The van der Waals surface area contributed by atoms with Crippen LogP contribution in [-0.2, 0) is 10.9 Å². The predicted octanol–water partition coefficient (Wildman–Crippen LogP) is 12.1. The topological polar surface area (TPSA) is 24.7 Å². The van der Waals surface area contributed by atoms with Gasteiger partial charge in [0.25, 0.3) is 0 Å². The maximum absolute atomic E-state index is 5.14. The Morgan fingerprint density at radius 2 is 0.814 bits per heavy atom. The number of halogens is 2. The van der Waals surface area contributed by atoms with Gasteiger partial charge in [0.1, 0.15) is 0 Å². The van der Waals surface area contributed by atoms with Crippen LogP contribution in [0, 0.1) is 27.7 Å². The maximum atomic E-state index is 5.14. The summed E-state index contributed by atoms with van der Waals surface area (Å²) in [5.74, 6) is 0. The number of benzene rings is 6. The molecule has 0 bridgehead atoms. The first-order valence-electron chi connectivity index (χ1n) is 14.0. The number of fused-ring (bicyclic) bond motifs is 2. The van der Waals surface area contributed by atoms with E-state index < -0.39 is 0 Å². The number of aliphatic imine (C=N–C) groups is 2. The predicted molar refractivity (Wildman–Crippen MR) is 191 cm³/mol. The van der Waals surface area contributed by atoms with Gasteiger partial charge in [-0.3, -0.25) is 9.98 Å². The molecule has 0 heterocycles. The van der Waals surface area contributed by atoms with Gasteiger partial charge in [0.15, 0.2) is 0 Å². The molecule has 0 aliphatic heterocycles. The monoisotopic (exact) mass is 732 g/mol. The minimum absolute atomic E-state index is 0.932. The number of aryl methyl sites for hydroxylation is 4. The number of hydrogen-bond donors (Lipinski definition) is 0. The third kappa shape index (κ3) is 6.91. The van der Waals surface area contributed by atoms with E-state index >= 15 is 0 Å². The fourth-order valence-corrected chi connectivity index (χ4v) is 5.59. The van der Waals surface area contributed by atoms with Gasteiger partial charge in [0, 0.05) is 23.6 Å². The average molecular weight is 735 g/mol. The quantitative estimate of drug-likeness (QED) is 0.124. The Morgan fingerprint density at radius 3 is 1.19 bits per heavy atom. The molecule has 0 aliphatic rings. The molecule has 0 saturated heterocycles. The summed E-state index contributed by atoms with van der Waals surface area (Å²) in [7, 11) is 1.25. The van der Waals surface area contributed by atoms with Crippen LogP contribution in [-0.4, -0.2) is 12.4 Å². The van der Waals surface area contributed by atoms with E-state index in [0.29, 0.717) is 0 Å². The molecular formula is C38H32Br2N2Ni. The Kier molecular flexibility index (Phi) is 10.4. The summed E-state index contributed by atoms with van der Waals surface area (Å²) in [6, 6.07) is 38.5. The third-order valence-corrected chi connectivity index (χ3v) is 7.81. The van der Waals surface area contributed by atoms with Crippen molar-refractivity contribution in [1.29, 1.82) is 0 Å². The van der Waals surface area contributed by atoms with Crippen LogP contribution in [0.1, 0.15) is 33.4 Å². The summed E-state index contributed by atoms with van der Waals surface area (Å²) in [6.45, 7) is 8.56. The van der Waals surface area contributed by atoms with Crippen molar-refractivity contribution in [2.75, 3.05) is 0 Å². The van der Waals surface area contributed by atoms with E-state index in [9.17, 15) is 0 Å². The van der Waals surface area contributed by atoms with Gasteiger partial charge in [-0.05, 0) is 94.8 Å². The van der Waals surface area contributed by atoms with Gasteiger partial charge in [-0.25, -0.2) is 0 Å². The number of hydrogen-bond acceptors (Lipinski definition) is 2. The summed E-state index contributed by atoms with van der Waals surface area (Å²) in [5.41, 5.74) is 11.3. The van der Waals surface area contributed by atoms with Gasteiger partial charge < -0.3 is 0 Å². The van der Waals surface area contributed by atoms with Gasteiger partial charge >= 0.3 is 39.3 Å². The van der Waals surface area contributed by atoms with E-state index in [2.05, 4.69) is 165 Å². The van der Waals surface area contributed by atoms with Crippen molar-refractivity contribution < 1.29 is 10.9 Å². The second-order valence-corrected chi connectivity index (χ2v) is 15.5. The molecule has 6 aromatic rings. The second-order valence-electron chi connectivity index (χ2n) is 10.5. The molecule has 0 fully saturated rings. The first kappa shape index (κ1) is 31.1. The molecule has 5 heteroatoms. The zero-order valence-corrected chi connectivity index (χ0v) is 28.7. The van der Waals surface area contributed by atoms with Gasteiger partial charge in [0.2, 0.25) is 0 Å². The van der Waals surface area contributed by atoms with Gasteiger partial charge in [-0.15, -0.1) is 0 Å². The van der Waals surface area contributed by atoms with Crippen LogP contribution in [0.4, 0.5) is 11.4 Å². The number of nitrogens with zero attached hydrogens (tertiary/aromatic N) is 2. The van der Waals surface area contributed by atoms with Gasteiger partial charge in [-0.2, -0.15) is 0 Å². The third-order valence-electron chi connectivity index (χ3n) is 7.81. The normalized spacial score (nSPS) is 11.5. The van der Waals surface area contributed by atoms with Crippen LogP contribution in [0.25, 0.3) is 32.7 Å². The van der Waals surface area contributed by atoms with Gasteiger partial charge in [0.05, 0.1) is 11.4 Å². The molecular weight excluding hydrogens is 703 g/mol. The van der Waals surface area contributed by atoms with Crippen molar-refractivity contribution in [3.05, 3.63) is 143 Å². The van der Waals surface area contributed by atoms with Crippen molar-refractivity contribution in [2.45, 2.75) is 27.7 Å². The van der Waals surface area contributed by atoms with Crippen molar-refractivity contribution in [1.82, 2.24) is 0 Å². The average Bonchev–Trinajstić information content (AvgIpc) is 3.01. The molecule has 218 valence electrons.